The van der Waals surface area contributed by atoms with Gasteiger partial charge in [-0.1, -0.05) is 22.9 Å². The first-order chi connectivity index (χ1) is 4.23. The van der Waals surface area contributed by atoms with E-state index in [-0.39, 0.29) is 0 Å². The van der Waals surface area contributed by atoms with Gasteiger partial charge in [-0.15, -0.1) is 0 Å². The number of rotatable bonds is 1. The van der Waals surface area contributed by atoms with E-state index in [9.17, 15) is 0 Å². The van der Waals surface area contributed by atoms with Gasteiger partial charge in [0.05, 0.1) is 0 Å². The van der Waals surface area contributed by atoms with Crippen molar-refractivity contribution in [2.45, 2.75) is 26.2 Å². The van der Waals surface area contributed by atoms with Crippen LogP contribution in [0.4, 0.5) is 0 Å². The van der Waals surface area contributed by atoms with Crippen molar-refractivity contribution in [1.82, 2.24) is 0 Å². The van der Waals surface area contributed by atoms with E-state index in [0.29, 0.717) is 5.41 Å². The van der Waals surface area contributed by atoms with Crippen molar-refractivity contribution in [3.05, 3.63) is 0 Å². The molecule has 0 bridgehead atoms. The Morgan fingerprint density at radius 3 is 2.33 bits per heavy atom. The number of fused-ring (bicyclic) bond motifs is 1. The van der Waals surface area contributed by atoms with Crippen molar-refractivity contribution in [3.63, 3.8) is 0 Å². The molecule has 0 aromatic carbocycles. The number of alkyl halides is 1. The summed E-state index contributed by atoms with van der Waals surface area (Å²) < 4.78 is 0. The molecule has 2 aliphatic carbocycles. The lowest BCUT2D eigenvalue weighted by molar-refractivity contribution is 0.350. The molecule has 0 spiro atoms. The van der Waals surface area contributed by atoms with E-state index < -0.39 is 0 Å². The Hall–Kier alpha value is 0.480. The molecule has 0 nitrogen and oxygen atoms in total. The Bertz CT molecular complexity index is 121. The molecule has 2 fully saturated rings. The first kappa shape index (κ1) is 6.21. The zero-order valence-corrected chi connectivity index (χ0v) is 7.45. The van der Waals surface area contributed by atoms with Crippen molar-refractivity contribution in [3.8, 4) is 0 Å². The lowest BCUT2D eigenvalue weighted by Crippen LogP contribution is -2.14. The normalized spacial score (nSPS) is 55.3. The molecular weight excluding hydrogens is 176 g/mol. The molecule has 2 saturated carbocycles. The Kier molecular flexibility index (Phi) is 1.20. The third-order valence-electron chi connectivity index (χ3n) is 2.90. The van der Waals surface area contributed by atoms with Crippen LogP contribution in [-0.2, 0) is 0 Å². The maximum Gasteiger partial charge on any atom is 0.00855 e. The fourth-order valence-electron chi connectivity index (χ4n) is 2.27. The second kappa shape index (κ2) is 1.75. The van der Waals surface area contributed by atoms with Gasteiger partial charge in [-0.25, -0.2) is 0 Å². The summed E-state index contributed by atoms with van der Waals surface area (Å²) in [6, 6.07) is 0. The number of hydrogen-bond acceptors (Lipinski definition) is 0. The van der Waals surface area contributed by atoms with Gasteiger partial charge in [-0.3, -0.25) is 0 Å². The van der Waals surface area contributed by atoms with E-state index in [0.717, 1.165) is 11.8 Å². The summed E-state index contributed by atoms with van der Waals surface area (Å²) >= 11 is 3.58. The molecular formula is C8H13Br. The maximum absolute atomic E-state index is 3.58. The standard InChI is InChI=1S/C8H13Br/c1-8(5-9)3-6-2-7(6)4-8/h6-7H,2-5H2,1H3. The number of hydrogen-bond donors (Lipinski definition) is 0. The van der Waals surface area contributed by atoms with Crippen LogP contribution in [0.1, 0.15) is 26.2 Å². The van der Waals surface area contributed by atoms with Crippen LogP contribution in [0.15, 0.2) is 0 Å². The minimum absolute atomic E-state index is 0.674. The highest BCUT2D eigenvalue weighted by atomic mass is 79.9. The summed E-state index contributed by atoms with van der Waals surface area (Å²) in [5.74, 6) is 2.26. The predicted molar refractivity (Wildman–Crippen MR) is 42.7 cm³/mol. The van der Waals surface area contributed by atoms with E-state index >= 15 is 0 Å². The van der Waals surface area contributed by atoms with Gasteiger partial charge in [0, 0.05) is 5.33 Å². The van der Waals surface area contributed by atoms with Crippen molar-refractivity contribution < 1.29 is 0 Å². The van der Waals surface area contributed by atoms with Crippen molar-refractivity contribution in [2.75, 3.05) is 5.33 Å². The molecule has 0 amide bonds. The second-order valence-corrected chi connectivity index (χ2v) is 4.67. The van der Waals surface area contributed by atoms with Gasteiger partial charge in [-0.2, -0.15) is 0 Å². The summed E-state index contributed by atoms with van der Waals surface area (Å²) in [6.07, 6.45) is 4.52. The molecule has 2 aliphatic rings. The molecule has 0 aromatic rings. The summed E-state index contributed by atoms with van der Waals surface area (Å²) in [5, 5.41) is 1.22. The molecule has 0 radical (unpaired) electrons. The van der Waals surface area contributed by atoms with Crippen LogP contribution in [-0.4, -0.2) is 5.33 Å². The molecule has 2 atom stereocenters. The topological polar surface area (TPSA) is 0 Å². The van der Waals surface area contributed by atoms with Crippen LogP contribution in [0.5, 0.6) is 0 Å². The van der Waals surface area contributed by atoms with Crippen LogP contribution < -0.4 is 0 Å². The van der Waals surface area contributed by atoms with E-state index in [1.165, 1.54) is 18.2 Å². The van der Waals surface area contributed by atoms with Crippen molar-refractivity contribution in [2.24, 2.45) is 17.3 Å². The summed E-state index contributed by atoms with van der Waals surface area (Å²) in [6.45, 7) is 2.41. The first-order valence-electron chi connectivity index (χ1n) is 3.79. The fourth-order valence-corrected chi connectivity index (χ4v) is 2.73. The number of halogens is 1. The predicted octanol–water partition coefficient (Wildman–Crippen LogP) is 2.82. The average Bonchev–Trinajstić information content (AvgIpc) is 2.42. The molecule has 0 aliphatic heterocycles. The largest absolute Gasteiger partial charge is 0.0922 e. The third-order valence-corrected chi connectivity index (χ3v) is 4.26. The zero-order valence-electron chi connectivity index (χ0n) is 5.86. The van der Waals surface area contributed by atoms with E-state index in [1.54, 1.807) is 6.42 Å². The van der Waals surface area contributed by atoms with Crippen molar-refractivity contribution >= 4 is 15.9 Å². The van der Waals surface area contributed by atoms with Crippen LogP contribution in [0.2, 0.25) is 0 Å². The monoisotopic (exact) mass is 188 g/mol. The molecule has 2 rings (SSSR count). The van der Waals surface area contributed by atoms with Crippen LogP contribution in [0.3, 0.4) is 0 Å². The van der Waals surface area contributed by atoms with E-state index in [2.05, 4.69) is 22.9 Å². The minimum atomic E-state index is 0.674. The van der Waals surface area contributed by atoms with Crippen LogP contribution in [0.25, 0.3) is 0 Å². The Labute approximate surface area is 65.1 Å². The average molecular weight is 189 g/mol. The fraction of sp³-hybridized carbons (Fsp3) is 1.00. The second-order valence-electron chi connectivity index (χ2n) is 4.11. The van der Waals surface area contributed by atoms with Gasteiger partial charge < -0.3 is 0 Å². The molecule has 0 saturated heterocycles. The summed E-state index contributed by atoms with van der Waals surface area (Å²) in [7, 11) is 0. The molecule has 0 aromatic heterocycles. The lowest BCUT2D eigenvalue weighted by atomic mass is 9.88. The van der Waals surface area contributed by atoms with Crippen LogP contribution in [0, 0.1) is 17.3 Å². The molecule has 1 heteroatoms. The highest BCUT2D eigenvalue weighted by Gasteiger charge is 2.50. The highest BCUT2D eigenvalue weighted by molar-refractivity contribution is 9.09. The Balaban J connectivity index is 2.02. The summed E-state index contributed by atoms with van der Waals surface area (Å²) in [5.41, 5.74) is 0.674. The van der Waals surface area contributed by atoms with E-state index in [4.69, 9.17) is 0 Å². The molecule has 0 N–H and O–H groups in total. The minimum Gasteiger partial charge on any atom is -0.0922 e. The van der Waals surface area contributed by atoms with Gasteiger partial charge in [0.15, 0.2) is 0 Å². The Morgan fingerprint density at radius 2 is 2.00 bits per heavy atom. The van der Waals surface area contributed by atoms with Crippen molar-refractivity contribution in [1.29, 1.82) is 0 Å². The maximum atomic E-state index is 3.58. The van der Waals surface area contributed by atoms with Gasteiger partial charge in [-0.05, 0) is 36.5 Å². The van der Waals surface area contributed by atoms with Crippen LogP contribution >= 0.6 is 15.9 Å². The smallest absolute Gasteiger partial charge is 0.00855 e. The van der Waals surface area contributed by atoms with Gasteiger partial charge in [0.1, 0.15) is 0 Å². The van der Waals surface area contributed by atoms with E-state index in [1.807, 2.05) is 0 Å². The molecule has 9 heavy (non-hydrogen) atoms. The lowest BCUT2D eigenvalue weighted by Gasteiger charge is -2.21. The quantitative estimate of drug-likeness (QED) is 0.556. The molecule has 0 heterocycles. The zero-order chi connectivity index (χ0) is 6.48. The summed E-state index contributed by atoms with van der Waals surface area (Å²) in [4.78, 5) is 0. The van der Waals surface area contributed by atoms with Gasteiger partial charge in [0.2, 0.25) is 0 Å². The highest BCUT2D eigenvalue weighted by Crippen LogP contribution is 2.60. The van der Waals surface area contributed by atoms with Gasteiger partial charge in [0.25, 0.3) is 0 Å². The Morgan fingerprint density at radius 1 is 1.44 bits per heavy atom. The first-order valence-corrected chi connectivity index (χ1v) is 4.92. The molecule has 52 valence electrons. The van der Waals surface area contributed by atoms with Gasteiger partial charge >= 0.3 is 0 Å². The SMILES string of the molecule is CC1(CBr)CC2CC2C1. The molecule has 2 unspecified atom stereocenters. The third kappa shape index (κ3) is 0.938.